The van der Waals surface area contributed by atoms with Crippen LogP contribution in [0.15, 0.2) is 87.3 Å². The van der Waals surface area contributed by atoms with Crippen molar-refractivity contribution in [2.45, 2.75) is 42.2 Å². The van der Waals surface area contributed by atoms with Crippen LogP contribution in [0.4, 0.5) is 0 Å². The van der Waals surface area contributed by atoms with E-state index in [1.165, 1.54) is 24.3 Å². The molecule has 0 unspecified atom stereocenters. The normalized spacial score (nSPS) is 12.5. The second-order valence-electron chi connectivity index (χ2n) is 7.73. The van der Waals surface area contributed by atoms with E-state index in [1.54, 1.807) is 48.8 Å². The SMILES string of the molecule is CCC[C@@H](O)c1ccc(S(=O)(=O)c2ccc(CNC(=O)c3cc4ccncc4o3)cc2)cc1. The van der Waals surface area contributed by atoms with Gasteiger partial charge < -0.3 is 14.8 Å². The molecule has 0 spiro atoms. The average Bonchev–Trinajstić information content (AvgIpc) is 3.27. The first kappa shape index (κ1) is 22.7. The summed E-state index contributed by atoms with van der Waals surface area (Å²) in [5, 5.41) is 13.6. The fraction of sp³-hybridized carbons (Fsp3) is 0.200. The number of aromatic nitrogens is 1. The lowest BCUT2D eigenvalue weighted by Gasteiger charge is -2.11. The summed E-state index contributed by atoms with van der Waals surface area (Å²) >= 11 is 0. The fourth-order valence-corrected chi connectivity index (χ4v) is 4.76. The molecule has 0 saturated heterocycles. The Morgan fingerprint density at radius 2 is 1.73 bits per heavy atom. The molecule has 0 aliphatic carbocycles. The van der Waals surface area contributed by atoms with Crippen molar-refractivity contribution in [2.24, 2.45) is 0 Å². The van der Waals surface area contributed by atoms with E-state index >= 15 is 0 Å². The van der Waals surface area contributed by atoms with Crippen LogP contribution in [0.2, 0.25) is 0 Å². The average molecular weight is 465 g/mol. The van der Waals surface area contributed by atoms with E-state index in [1.807, 2.05) is 6.92 Å². The van der Waals surface area contributed by atoms with E-state index in [9.17, 15) is 18.3 Å². The van der Waals surface area contributed by atoms with Gasteiger partial charge in [-0.1, -0.05) is 37.6 Å². The number of benzene rings is 2. The quantitative estimate of drug-likeness (QED) is 0.399. The number of carbonyl (C=O) groups is 1. The van der Waals surface area contributed by atoms with Crippen LogP contribution in [0.3, 0.4) is 0 Å². The lowest BCUT2D eigenvalue weighted by Crippen LogP contribution is -2.22. The topological polar surface area (TPSA) is 110 Å². The third kappa shape index (κ3) is 4.97. The van der Waals surface area contributed by atoms with Gasteiger partial charge in [-0.05, 0) is 53.9 Å². The van der Waals surface area contributed by atoms with E-state index in [2.05, 4.69) is 10.3 Å². The minimum Gasteiger partial charge on any atom is -0.449 e. The molecule has 2 heterocycles. The largest absolute Gasteiger partial charge is 0.449 e. The second kappa shape index (κ2) is 9.56. The lowest BCUT2D eigenvalue weighted by molar-refractivity contribution is 0.0925. The minimum atomic E-state index is -3.69. The van der Waals surface area contributed by atoms with Crippen molar-refractivity contribution in [3.05, 3.63) is 89.9 Å². The molecule has 0 aliphatic rings. The summed E-state index contributed by atoms with van der Waals surface area (Å²) in [6, 6.07) is 16.1. The van der Waals surface area contributed by atoms with Crippen LogP contribution in [0.1, 0.15) is 47.6 Å². The number of nitrogens with one attached hydrogen (secondary N) is 1. The lowest BCUT2D eigenvalue weighted by atomic mass is 10.1. The van der Waals surface area contributed by atoms with Gasteiger partial charge in [-0.2, -0.15) is 0 Å². The molecular formula is C25H24N2O5S. The van der Waals surface area contributed by atoms with Crippen molar-refractivity contribution in [1.29, 1.82) is 0 Å². The zero-order valence-electron chi connectivity index (χ0n) is 18.1. The monoisotopic (exact) mass is 464 g/mol. The minimum absolute atomic E-state index is 0.157. The number of fused-ring (bicyclic) bond motifs is 1. The van der Waals surface area contributed by atoms with Crippen molar-refractivity contribution < 1.29 is 22.7 Å². The maximum absolute atomic E-state index is 12.9. The van der Waals surface area contributed by atoms with Crippen LogP contribution in [0.5, 0.6) is 0 Å². The van der Waals surface area contributed by atoms with Gasteiger partial charge in [-0.25, -0.2) is 8.42 Å². The Hall–Kier alpha value is -3.49. The molecule has 170 valence electrons. The van der Waals surface area contributed by atoms with Gasteiger partial charge >= 0.3 is 0 Å². The van der Waals surface area contributed by atoms with Gasteiger partial charge in [0.2, 0.25) is 9.84 Å². The van der Waals surface area contributed by atoms with Crippen molar-refractivity contribution in [3.63, 3.8) is 0 Å². The first-order valence-electron chi connectivity index (χ1n) is 10.6. The molecule has 0 fully saturated rings. The summed E-state index contributed by atoms with van der Waals surface area (Å²) in [6.45, 7) is 2.20. The number of rotatable bonds is 8. The number of hydrogen-bond donors (Lipinski definition) is 2. The molecule has 2 aromatic carbocycles. The van der Waals surface area contributed by atoms with E-state index in [-0.39, 0.29) is 28.0 Å². The van der Waals surface area contributed by atoms with Crippen molar-refractivity contribution >= 4 is 26.7 Å². The van der Waals surface area contributed by atoms with Crippen molar-refractivity contribution in [1.82, 2.24) is 10.3 Å². The van der Waals surface area contributed by atoms with Gasteiger partial charge in [0.15, 0.2) is 11.3 Å². The Labute approximate surface area is 192 Å². The maximum Gasteiger partial charge on any atom is 0.287 e. The number of hydrogen-bond acceptors (Lipinski definition) is 6. The predicted molar refractivity (Wildman–Crippen MR) is 123 cm³/mol. The van der Waals surface area contributed by atoms with Crippen LogP contribution in [0, 0.1) is 0 Å². The zero-order chi connectivity index (χ0) is 23.4. The number of pyridine rings is 1. The molecule has 4 rings (SSSR count). The Morgan fingerprint density at radius 3 is 2.36 bits per heavy atom. The fourth-order valence-electron chi connectivity index (χ4n) is 3.50. The van der Waals surface area contributed by atoms with Crippen LogP contribution in [-0.2, 0) is 16.4 Å². The summed E-state index contributed by atoms with van der Waals surface area (Å²) in [6.07, 6.45) is 4.03. The molecule has 0 radical (unpaired) electrons. The molecule has 4 aromatic rings. The van der Waals surface area contributed by atoms with E-state index in [0.29, 0.717) is 17.6 Å². The van der Waals surface area contributed by atoms with Gasteiger partial charge in [-0.3, -0.25) is 9.78 Å². The number of nitrogens with zero attached hydrogens (tertiary/aromatic N) is 1. The number of aliphatic hydroxyl groups is 1. The highest BCUT2D eigenvalue weighted by atomic mass is 32.2. The molecular weight excluding hydrogens is 440 g/mol. The smallest absolute Gasteiger partial charge is 0.287 e. The first-order valence-corrected chi connectivity index (χ1v) is 12.1. The summed E-state index contributed by atoms with van der Waals surface area (Å²) in [5.74, 6) is -0.182. The van der Waals surface area contributed by atoms with Crippen LogP contribution in [0.25, 0.3) is 11.0 Å². The van der Waals surface area contributed by atoms with Gasteiger partial charge in [0.1, 0.15) is 0 Å². The summed E-state index contributed by atoms with van der Waals surface area (Å²) in [4.78, 5) is 16.7. The zero-order valence-corrected chi connectivity index (χ0v) is 18.9. The summed E-state index contributed by atoms with van der Waals surface area (Å²) in [7, 11) is -3.69. The Balaban J connectivity index is 1.42. The standard InChI is InChI=1S/C25H24N2O5S/c1-2-3-22(28)18-6-10-21(11-7-18)33(30,31)20-8-4-17(5-9-20)15-27-25(29)23-14-19-12-13-26-16-24(19)32-23/h4-14,16,22,28H,2-3,15H2,1H3,(H,27,29)/t22-/m1/s1. The number of aliphatic hydroxyl groups excluding tert-OH is 1. The molecule has 2 N–H and O–H groups in total. The Morgan fingerprint density at radius 1 is 1.06 bits per heavy atom. The van der Waals surface area contributed by atoms with Gasteiger partial charge in [0, 0.05) is 18.1 Å². The van der Waals surface area contributed by atoms with Crippen molar-refractivity contribution in [2.75, 3.05) is 0 Å². The molecule has 33 heavy (non-hydrogen) atoms. The first-order chi connectivity index (χ1) is 15.9. The van der Waals surface area contributed by atoms with Crippen LogP contribution in [-0.4, -0.2) is 24.4 Å². The maximum atomic E-state index is 12.9. The van der Waals surface area contributed by atoms with Crippen molar-refractivity contribution in [3.8, 4) is 0 Å². The summed E-state index contributed by atoms with van der Waals surface area (Å²) < 4.78 is 31.4. The van der Waals surface area contributed by atoms with Gasteiger partial charge in [0.25, 0.3) is 5.91 Å². The molecule has 8 heteroatoms. The van der Waals surface area contributed by atoms with E-state index in [4.69, 9.17) is 4.42 Å². The second-order valence-corrected chi connectivity index (χ2v) is 9.68. The van der Waals surface area contributed by atoms with E-state index in [0.717, 1.165) is 17.4 Å². The van der Waals surface area contributed by atoms with E-state index < -0.39 is 15.9 Å². The molecule has 0 saturated carbocycles. The van der Waals surface area contributed by atoms with Crippen LogP contribution < -0.4 is 5.32 Å². The van der Waals surface area contributed by atoms with Gasteiger partial charge in [-0.15, -0.1) is 0 Å². The predicted octanol–water partition coefficient (Wildman–Crippen LogP) is 4.42. The molecule has 1 atom stereocenters. The van der Waals surface area contributed by atoms with Crippen LogP contribution >= 0.6 is 0 Å². The highest BCUT2D eigenvalue weighted by Gasteiger charge is 2.18. The number of furan rings is 1. The summed E-state index contributed by atoms with van der Waals surface area (Å²) in [5.41, 5.74) is 1.98. The third-order valence-electron chi connectivity index (χ3n) is 5.37. The number of amides is 1. The molecule has 1 amide bonds. The number of carbonyl (C=O) groups excluding carboxylic acids is 1. The highest BCUT2D eigenvalue weighted by Crippen LogP contribution is 2.25. The Bertz CT molecular complexity index is 1330. The van der Waals surface area contributed by atoms with Gasteiger partial charge in [0.05, 0.1) is 22.1 Å². The highest BCUT2D eigenvalue weighted by molar-refractivity contribution is 7.91. The molecule has 2 aromatic heterocycles. The molecule has 0 bridgehead atoms. The Kier molecular flexibility index (Phi) is 6.57. The number of sulfone groups is 1. The molecule has 0 aliphatic heterocycles. The molecule has 7 nitrogen and oxygen atoms in total. The third-order valence-corrected chi connectivity index (χ3v) is 7.16.